The van der Waals surface area contributed by atoms with Gasteiger partial charge in [0, 0.05) is 37.3 Å². The van der Waals surface area contributed by atoms with Gasteiger partial charge in [0.25, 0.3) is 10.0 Å². The zero-order valence-corrected chi connectivity index (χ0v) is 22.1. The summed E-state index contributed by atoms with van der Waals surface area (Å²) in [4.78, 5) is 17.7. The summed E-state index contributed by atoms with van der Waals surface area (Å²) in [6.45, 7) is 1.93. The van der Waals surface area contributed by atoms with Gasteiger partial charge in [-0.15, -0.1) is 0 Å². The number of fused-ring (bicyclic) bond motifs is 3. The average molecular weight is 542 g/mol. The van der Waals surface area contributed by atoms with Gasteiger partial charge in [-0.2, -0.15) is 0 Å². The van der Waals surface area contributed by atoms with E-state index in [4.69, 9.17) is 0 Å². The Hall–Kier alpha value is -4.01. The minimum Gasteiger partial charge on any atom is -0.339 e. The number of hydrogen-bond acceptors (Lipinski definition) is 4. The fourth-order valence-corrected chi connectivity index (χ4v) is 7.25. The van der Waals surface area contributed by atoms with Crippen molar-refractivity contribution in [3.8, 4) is 11.1 Å². The second kappa shape index (κ2) is 10.3. The van der Waals surface area contributed by atoms with Crippen LogP contribution in [-0.2, 0) is 14.8 Å². The molecule has 0 atom stereocenters. The maximum atomic E-state index is 14.2. The Balaban J connectivity index is 1.22. The number of amides is 1. The van der Waals surface area contributed by atoms with Gasteiger partial charge < -0.3 is 4.90 Å². The fraction of sp³-hybridized carbons (Fsp3) is 0.194. The van der Waals surface area contributed by atoms with Crippen LogP contribution < -0.4 is 4.31 Å². The van der Waals surface area contributed by atoms with E-state index >= 15 is 0 Å². The molecule has 1 saturated heterocycles. The van der Waals surface area contributed by atoms with Crippen LogP contribution in [0.1, 0.15) is 17.2 Å². The SMILES string of the molecule is O=C(CN1c2ccc(F)cc2-c2ccccc2S1(=O)=O)N1CCN(C(c2ccccc2)c2ccccc2)CC1. The smallest absolute Gasteiger partial charge is 0.265 e. The largest absolute Gasteiger partial charge is 0.339 e. The number of halogens is 1. The van der Waals surface area contributed by atoms with Crippen molar-refractivity contribution in [3.63, 3.8) is 0 Å². The minimum atomic E-state index is -3.99. The van der Waals surface area contributed by atoms with E-state index in [2.05, 4.69) is 29.2 Å². The first-order valence-corrected chi connectivity index (χ1v) is 14.4. The molecule has 0 N–H and O–H groups in total. The first-order valence-electron chi connectivity index (χ1n) is 13.0. The summed E-state index contributed by atoms with van der Waals surface area (Å²) in [6.07, 6.45) is 0. The van der Waals surface area contributed by atoms with Crippen molar-refractivity contribution in [2.24, 2.45) is 0 Å². The Kier molecular flexibility index (Phi) is 6.66. The van der Waals surface area contributed by atoms with E-state index in [-0.39, 0.29) is 23.4 Å². The molecule has 4 aromatic carbocycles. The summed E-state index contributed by atoms with van der Waals surface area (Å²) in [5.41, 5.74) is 3.59. The molecular weight excluding hydrogens is 513 g/mol. The average Bonchev–Trinajstić information content (AvgIpc) is 2.97. The number of nitrogens with zero attached hydrogens (tertiary/aromatic N) is 3. The summed E-state index contributed by atoms with van der Waals surface area (Å²) in [5.74, 6) is -0.736. The fourth-order valence-electron chi connectivity index (χ4n) is 5.61. The van der Waals surface area contributed by atoms with Crippen molar-refractivity contribution in [2.75, 3.05) is 37.0 Å². The van der Waals surface area contributed by atoms with Gasteiger partial charge in [0.2, 0.25) is 5.91 Å². The zero-order valence-electron chi connectivity index (χ0n) is 21.3. The van der Waals surface area contributed by atoms with Crippen LogP contribution in [0.4, 0.5) is 10.1 Å². The number of rotatable bonds is 5. The lowest BCUT2D eigenvalue weighted by Gasteiger charge is -2.40. The number of sulfonamides is 1. The van der Waals surface area contributed by atoms with Crippen molar-refractivity contribution in [2.45, 2.75) is 10.9 Å². The number of carbonyl (C=O) groups excluding carboxylic acids is 1. The van der Waals surface area contributed by atoms with Gasteiger partial charge in [0.15, 0.2) is 0 Å². The lowest BCUT2D eigenvalue weighted by Crippen LogP contribution is -2.52. The molecule has 39 heavy (non-hydrogen) atoms. The van der Waals surface area contributed by atoms with E-state index in [1.807, 2.05) is 36.4 Å². The van der Waals surface area contributed by atoms with E-state index in [0.29, 0.717) is 43.0 Å². The van der Waals surface area contributed by atoms with Gasteiger partial charge >= 0.3 is 0 Å². The third-order valence-electron chi connectivity index (χ3n) is 7.51. The van der Waals surface area contributed by atoms with Gasteiger partial charge in [-0.05, 0) is 35.4 Å². The van der Waals surface area contributed by atoms with E-state index < -0.39 is 15.8 Å². The minimum absolute atomic E-state index is 0.0606. The van der Waals surface area contributed by atoms with Gasteiger partial charge in [0.05, 0.1) is 16.6 Å². The summed E-state index contributed by atoms with van der Waals surface area (Å²) >= 11 is 0. The topological polar surface area (TPSA) is 60.9 Å². The van der Waals surface area contributed by atoms with Crippen molar-refractivity contribution < 1.29 is 17.6 Å². The Labute approximate surface area is 228 Å². The van der Waals surface area contributed by atoms with Crippen LogP contribution in [0.25, 0.3) is 11.1 Å². The van der Waals surface area contributed by atoms with Crippen molar-refractivity contribution in [1.82, 2.24) is 9.80 Å². The first kappa shape index (κ1) is 25.3. The first-order chi connectivity index (χ1) is 18.9. The van der Waals surface area contributed by atoms with E-state index in [1.165, 1.54) is 35.4 Å². The highest BCUT2D eigenvalue weighted by Crippen LogP contribution is 2.43. The molecule has 2 heterocycles. The summed E-state index contributed by atoms with van der Waals surface area (Å²) < 4.78 is 42.4. The zero-order chi connectivity index (χ0) is 27.0. The molecule has 2 aliphatic rings. The number of carbonyl (C=O) groups is 1. The normalized spacial score (nSPS) is 16.6. The highest BCUT2D eigenvalue weighted by molar-refractivity contribution is 7.93. The maximum Gasteiger partial charge on any atom is 0.265 e. The summed E-state index contributed by atoms with van der Waals surface area (Å²) in [6, 6.07) is 31.2. The Morgan fingerprint density at radius 1 is 0.744 bits per heavy atom. The Morgan fingerprint density at radius 3 is 1.97 bits per heavy atom. The third-order valence-corrected chi connectivity index (χ3v) is 9.33. The van der Waals surface area contributed by atoms with Crippen LogP contribution in [0.5, 0.6) is 0 Å². The van der Waals surface area contributed by atoms with Crippen LogP contribution in [-0.4, -0.2) is 56.8 Å². The lowest BCUT2D eigenvalue weighted by atomic mass is 9.96. The maximum absolute atomic E-state index is 14.2. The third kappa shape index (κ3) is 4.70. The van der Waals surface area contributed by atoms with Gasteiger partial charge in [-0.25, -0.2) is 12.8 Å². The summed E-state index contributed by atoms with van der Waals surface area (Å²) in [5, 5.41) is 0. The summed E-state index contributed by atoms with van der Waals surface area (Å²) in [7, 11) is -3.99. The van der Waals surface area contributed by atoms with Crippen LogP contribution in [0, 0.1) is 5.82 Å². The van der Waals surface area contributed by atoms with E-state index in [0.717, 1.165) is 4.31 Å². The van der Waals surface area contributed by atoms with Crippen molar-refractivity contribution in [1.29, 1.82) is 0 Å². The van der Waals surface area contributed by atoms with Crippen LogP contribution in [0.2, 0.25) is 0 Å². The highest BCUT2D eigenvalue weighted by Gasteiger charge is 2.37. The molecule has 0 aromatic heterocycles. The second-order valence-electron chi connectivity index (χ2n) is 9.81. The molecule has 6 rings (SSSR count). The van der Waals surface area contributed by atoms with Crippen LogP contribution in [0.3, 0.4) is 0 Å². The van der Waals surface area contributed by atoms with E-state index in [1.54, 1.807) is 23.1 Å². The molecule has 0 spiro atoms. The molecule has 4 aromatic rings. The predicted molar refractivity (Wildman–Crippen MR) is 149 cm³/mol. The number of anilines is 1. The second-order valence-corrected chi connectivity index (χ2v) is 11.6. The van der Waals surface area contributed by atoms with Gasteiger partial charge in [0.1, 0.15) is 12.4 Å². The molecule has 0 unspecified atom stereocenters. The molecule has 2 aliphatic heterocycles. The molecular formula is C31H28FN3O3S. The van der Waals surface area contributed by atoms with Crippen LogP contribution >= 0.6 is 0 Å². The Morgan fingerprint density at radius 2 is 1.33 bits per heavy atom. The molecule has 1 amide bonds. The molecule has 0 aliphatic carbocycles. The molecule has 0 radical (unpaired) electrons. The number of piperazine rings is 1. The molecule has 0 saturated carbocycles. The van der Waals surface area contributed by atoms with Gasteiger partial charge in [-0.3, -0.25) is 14.0 Å². The molecule has 8 heteroatoms. The number of hydrogen-bond donors (Lipinski definition) is 0. The van der Waals surface area contributed by atoms with E-state index in [9.17, 15) is 17.6 Å². The highest BCUT2D eigenvalue weighted by atomic mass is 32.2. The standard InChI is InChI=1S/C31H28FN3O3S/c32-25-15-16-28-27(21-25)26-13-7-8-14-29(26)39(37,38)35(28)22-30(36)33-17-19-34(20-18-33)31(23-9-3-1-4-10-23)24-11-5-2-6-12-24/h1-16,21,31H,17-20,22H2. The molecule has 0 bridgehead atoms. The molecule has 198 valence electrons. The van der Waals surface area contributed by atoms with Gasteiger partial charge in [-0.1, -0.05) is 78.9 Å². The molecule has 6 nitrogen and oxygen atoms in total. The van der Waals surface area contributed by atoms with Crippen molar-refractivity contribution in [3.05, 3.63) is 120 Å². The lowest BCUT2D eigenvalue weighted by molar-refractivity contribution is -0.131. The Bertz CT molecular complexity index is 1570. The van der Waals surface area contributed by atoms with Crippen molar-refractivity contribution >= 4 is 21.6 Å². The molecule has 1 fully saturated rings. The van der Waals surface area contributed by atoms with Crippen LogP contribution in [0.15, 0.2) is 108 Å². The quantitative estimate of drug-likeness (QED) is 0.359. The predicted octanol–water partition coefficient (Wildman–Crippen LogP) is 4.94. The monoisotopic (exact) mass is 541 g/mol. The number of benzene rings is 4.